The first-order valence-electron chi connectivity index (χ1n) is 25.5. The van der Waals surface area contributed by atoms with E-state index in [4.69, 9.17) is 61.7 Å². The average Bonchev–Trinajstić information content (AvgIpc) is 3.37. The fraction of sp³-hybridized carbons (Fsp3) is 0.462. The molecule has 1 aliphatic carbocycles. The summed E-state index contributed by atoms with van der Waals surface area (Å²) < 4.78 is 134. The first-order valence-corrected chi connectivity index (χ1v) is 34.7. The quantitative estimate of drug-likeness (QED) is 0.0560. The van der Waals surface area contributed by atoms with Crippen molar-refractivity contribution in [2.24, 2.45) is 0 Å². The Bertz CT molecular complexity index is 2910. The molecule has 0 N–H and O–H groups in total. The van der Waals surface area contributed by atoms with E-state index in [1.165, 1.54) is 19.6 Å². The summed E-state index contributed by atoms with van der Waals surface area (Å²) >= 11 is 0. The van der Waals surface area contributed by atoms with Crippen molar-refractivity contribution >= 4 is 103 Å². The van der Waals surface area contributed by atoms with Crippen LogP contribution in [0.1, 0.15) is 99.9 Å². The molecule has 4 aromatic carbocycles. The standard InChI is InChI=1S/C52H64Cl4N4O16S4/c1-9-57(10-2)45(61)29-73-49-33-17-35-23-42(78(54,67)68)25-37(50(35)74-30-46(62)58(11-3)12-4)19-39-27-44(80(56,71)72)28-40(52(39)76-32-48(64)60(15-7)16-8)20-38-26-43(79(55,69)70)24-36(18-34(49)22-41(21-33)77(53,65)66)51(38)75-31-47(63)59(13-5)14-6/h21-28H,9-20,29-32H2,1-8H3. The van der Waals surface area contributed by atoms with E-state index in [2.05, 4.69) is 0 Å². The molecule has 4 aromatic rings. The first-order chi connectivity index (χ1) is 37.5. The molecule has 0 fully saturated rings. The summed E-state index contributed by atoms with van der Waals surface area (Å²) in [5.41, 5.74) is -0.606. The Morgan fingerprint density at radius 3 is 0.575 bits per heavy atom. The van der Waals surface area contributed by atoms with Crippen molar-refractivity contribution in [1.82, 2.24) is 19.6 Å². The number of fused-ring (bicyclic) bond motifs is 8. The highest BCUT2D eigenvalue weighted by molar-refractivity contribution is 8.14. The third kappa shape index (κ3) is 16.6. The second-order valence-corrected chi connectivity index (χ2v) is 28.4. The number of amides is 4. The van der Waals surface area contributed by atoms with Gasteiger partial charge >= 0.3 is 0 Å². The van der Waals surface area contributed by atoms with E-state index in [1.54, 1.807) is 55.4 Å². The summed E-state index contributed by atoms with van der Waals surface area (Å²) in [6.07, 6.45) is -2.18. The Hall–Kier alpha value is -5.08. The maximum atomic E-state index is 13.7. The Morgan fingerprint density at radius 2 is 0.463 bits per heavy atom. The van der Waals surface area contributed by atoms with Crippen LogP contribution in [0.5, 0.6) is 23.0 Å². The molecule has 5 rings (SSSR count). The van der Waals surface area contributed by atoms with Gasteiger partial charge < -0.3 is 38.5 Å². The lowest BCUT2D eigenvalue weighted by Gasteiger charge is -2.25. The van der Waals surface area contributed by atoms with Crippen LogP contribution in [0.3, 0.4) is 0 Å². The zero-order chi connectivity index (χ0) is 59.7. The Kier molecular flexibility index (Phi) is 22.8. The van der Waals surface area contributed by atoms with Crippen LogP contribution in [0.4, 0.5) is 0 Å². The molecular formula is C52H64Cl4N4O16S4. The van der Waals surface area contributed by atoms with Crippen molar-refractivity contribution in [3.05, 3.63) is 93.0 Å². The minimum absolute atomic E-state index is 0.0758. The van der Waals surface area contributed by atoms with Gasteiger partial charge in [0.25, 0.3) is 59.8 Å². The third-order valence-corrected chi connectivity index (χ3v) is 18.7. The van der Waals surface area contributed by atoms with Gasteiger partial charge in [-0.25, -0.2) is 33.7 Å². The van der Waals surface area contributed by atoms with Crippen LogP contribution in [0, 0.1) is 0 Å². The Balaban J connectivity index is 2.09. The van der Waals surface area contributed by atoms with Crippen molar-refractivity contribution < 1.29 is 71.8 Å². The molecule has 0 heterocycles. The van der Waals surface area contributed by atoms with Crippen LogP contribution in [-0.4, -0.2) is 156 Å². The predicted molar refractivity (Wildman–Crippen MR) is 303 cm³/mol. The van der Waals surface area contributed by atoms with Gasteiger partial charge in [0, 0.05) is 165 Å². The molecule has 0 aromatic heterocycles. The largest absolute Gasteiger partial charge is 0.483 e. The minimum Gasteiger partial charge on any atom is -0.483 e. The highest BCUT2D eigenvalue weighted by Gasteiger charge is 2.31. The molecule has 0 atom stereocenters. The minimum atomic E-state index is -4.71. The average molecular weight is 1270 g/mol. The predicted octanol–water partition coefficient (Wildman–Crippen LogP) is 7.06. The fourth-order valence-electron chi connectivity index (χ4n) is 9.27. The number of benzene rings is 4. The van der Waals surface area contributed by atoms with Gasteiger partial charge in [0.2, 0.25) is 0 Å². The molecule has 1 aliphatic rings. The highest BCUT2D eigenvalue weighted by atomic mass is 35.7. The van der Waals surface area contributed by atoms with Crippen molar-refractivity contribution in [3.63, 3.8) is 0 Å². The summed E-state index contributed by atoms with van der Waals surface area (Å²) in [6.45, 7) is 13.5. The molecule has 0 unspecified atom stereocenters. The van der Waals surface area contributed by atoms with Gasteiger partial charge in [-0.05, 0) is 104 Å². The number of rotatable bonds is 24. The zero-order valence-corrected chi connectivity index (χ0v) is 51.7. The summed E-state index contributed by atoms with van der Waals surface area (Å²) in [5, 5.41) is 0. The van der Waals surface area contributed by atoms with E-state index < -0.39 is 132 Å². The van der Waals surface area contributed by atoms with Gasteiger partial charge in [-0.3, -0.25) is 19.2 Å². The van der Waals surface area contributed by atoms with Crippen LogP contribution in [-0.2, 0) is 81.1 Å². The lowest BCUT2D eigenvalue weighted by atomic mass is 9.91. The number of hydrogen-bond donors (Lipinski definition) is 0. The maximum Gasteiger partial charge on any atom is 0.261 e. The van der Waals surface area contributed by atoms with Crippen LogP contribution in [0.2, 0.25) is 0 Å². The van der Waals surface area contributed by atoms with Gasteiger partial charge in [-0.1, -0.05) is 0 Å². The van der Waals surface area contributed by atoms with Crippen LogP contribution >= 0.6 is 42.7 Å². The SMILES string of the molecule is CCN(CC)C(=O)COc1c2cc(S(=O)(=O)Cl)cc1Cc1cc(S(=O)(=O)Cl)cc(c1OCC(=O)N(CC)CC)Cc1cc(S(=O)(=O)Cl)cc(c1OCC(=O)N(CC)CC)Cc1cc(S(=O)(=O)Cl)cc(c1OCC(=O)N(CC)CC)C2. The molecule has 0 saturated carbocycles. The van der Waals surface area contributed by atoms with Gasteiger partial charge in [-0.15, -0.1) is 0 Å². The van der Waals surface area contributed by atoms with Gasteiger partial charge in [0.1, 0.15) is 23.0 Å². The van der Waals surface area contributed by atoms with Crippen molar-refractivity contribution in [1.29, 1.82) is 0 Å². The Labute approximate surface area is 486 Å². The number of ether oxygens (including phenoxy) is 4. The zero-order valence-electron chi connectivity index (χ0n) is 45.4. The second-order valence-electron chi connectivity index (χ2n) is 18.2. The number of carbonyl (C=O) groups excluding carboxylic acids is 4. The second kappa shape index (κ2) is 27.8. The molecule has 0 aliphatic heterocycles. The Morgan fingerprint density at radius 1 is 0.325 bits per heavy atom. The number of carbonyl (C=O) groups is 4. The third-order valence-electron chi connectivity index (χ3n) is 13.3. The molecule has 0 radical (unpaired) electrons. The lowest BCUT2D eigenvalue weighted by molar-refractivity contribution is -0.133. The van der Waals surface area contributed by atoms with E-state index in [0.29, 0.717) is 0 Å². The first kappa shape index (κ1) is 65.7. The van der Waals surface area contributed by atoms with Crippen LogP contribution < -0.4 is 18.9 Å². The van der Waals surface area contributed by atoms with E-state index in [1.807, 2.05) is 0 Å². The molecule has 4 amide bonds. The molecule has 28 heteroatoms. The van der Waals surface area contributed by atoms with E-state index in [0.717, 1.165) is 48.5 Å². The number of halogens is 4. The van der Waals surface area contributed by atoms with Crippen molar-refractivity contribution in [3.8, 4) is 23.0 Å². The van der Waals surface area contributed by atoms with E-state index in [9.17, 15) is 52.8 Å². The highest BCUT2D eigenvalue weighted by Crippen LogP contribution is 2.43. The fourth-order valence-corrected chi connectivity index (χ4v) is 12.6. The molecule has 80 heavy (non-hydrogen) atoms. The van der Waals surface area contributed by atoms with E-state index in [-0.39, 0.29) is 120 Å². The summed E-state index contributed by atoms with van der Waals surface area (Å²) in [5.74, 6) is -2.72. The van der Waals surface area contributed by atoms with Crippen molar-refractivity contribution in [2.45, 2.75) is 101 Å². The number of nitrogens with zero attached hydrogens (tertiary/aromatic N) is 4. The molecule has 20 nitrogen and oxygen atoms in total. The molecule has 8 bridgehead atoms. The van der Waals surface area contributed by atoms with Gasteiger partial charge in [0.15, 0.2) is 26.4 Å². The lowest BCUT2D eigenvalue weighted by Crippen LogP contribution is -2.35. The van der Waals surface area contributed by atoms with Crippen LogP contribution in [0.25, 0.3) is 0 Å². The maximum absolute atomic E-state index is 13.7. The van der Waals surface area contributed by atoms with Crippen LogP contribution in [0.15, 0.2) is 68.1 Å². The van der Waals surface area contributed by atoms with Crippen molar-refractivity contribution in [2.75, 3.05) is 78.8 Å². The molecule has 440 valence electrons. The molecular weight excluding hydrogens is 1210 g/mol. The van der Waals surface area contributed by atoms with Gasteiger partial charge in [-0.2, -0.15) is 0 Å². The normalized spacial score (nSPS) is 12.8. The number of hydrogen-bond acceptors (Lipinski definition) is 16. The molecule has 0 spiro atoms. The van der Waals surface area contributed by atoms with E-state index >= 15 is 0 Å². The monoisotopic (exact) mass is 1270 g/mol. The number of likely N-dealkylation sites (N-methyl/N-ethyl adjacent to an activating group) is 4. The molecule has 0 saturated heterocycles. The smallest absolute Gasteiger partial charge is 0.261 e. The summed E-state index contributed by atoms with van der Waals surface area (Å²) in [7, 11) is 5.70. The summed E-state index contributed by atoms with van der Waals surface area (Å²) in [6, 6.07) is 8.92. The topological polar surface area (TPSA) is 255 Å². The van der Waals surface area contributed by atoms with Gasteiger partial charge in [0.05, 0.1) is 19.6 Å². The summed E-state index contributed by atoms with van der Waals surface area (Å²) in [4.78, 5) is 58.7.